The molecule has 1 aliphatic rings. The summed E-state index contributed by atoms with van der Waals surface area (Å²) in [5, 5.41) is 15.7. The van der Waals surface area contributed by atoms with Gasteiger partial charge < -0.3 is 5.32 Å². The van der Waals surface area contributed by atoms with E-state index < -0.39 is 0 Å². The lowest BCUT2D eigenvalue weighted by molar-refractivity contribution is 0.139. The molecule has 0 aliphatic carbocycles. The molecule has 96 valence electrons. The molecule has 1 saturated heterocycles. The van der Waals surface area contributed by atoms with E-state index in [1.807, 2.05) is 0 Å². The molecule has 1 aromatic rings. The van der Waals surface area contributed by atoms with Gasteiger partial charge in [-0.15, -0.1) is 10.2 Å². The van der Waals surface area contributed by atoms with Crippen LogP contribution in [0.3, 0.4) is 0 Å². The van der Waals surface area contributed by atoms with E-state index in [0.717, 1.165) is 32.0 Å². The van der Waals surface area contributed by atoms with Crippen molar-refractivity contribution in [2.45, 2.75) is 32.9 Å². The summed E-state index contributed by atoms with van der Waals surface area (Å²) in [6, 6.07) is 0.658. The molecule has 0 saturated carbocycles. The molecule has 1 N–H and O–H groups in total. The zero-order chi connectivity index (χ0) is 12.3. The van der Waals surface area contributed by atoms with Crippen molar-refractivity contribution in [2.75, 3.05) is 19.6 Å². The summed E-state index contributed by atoms with van der Waals surface area (Å²) in [4.78, 5) is 3.93. The molecule has 0 amide bonds. The summed E-state index contributed by atoms with van der Waals surface area (Å²) in [7, 11) is 1.80. The van der Waals surface area contributed by atoms with Crippen molar-refractivity contribution in [3.63, 3.8) is 0 Å². The summed E-state index contributed by atoms with van der Waals surface area (Å²) >= 11 is 0. The van der Waals surface area contributed by atoms with Gasteiger partial charge in [-0.3, -0.25) is 4.90 Å². The van der Waals surface area contributed by atoms with Gasteiger partial charge >= 0.3 is 0 Å². The number of piperidine rings is 1. The van der Waals surface area contributed by atoms with Gasteiger partial charge in [0.15, 0.2) is 5.82 Å². The first kappa shape index (κ1) is 12.4. The largest absolute Gasteiger partial charge is 0.314 e. The molecule has 2 heterocycles. The summed E-state index contributed by atoms with van der Waals surface area (Å²) in [5.74, 6) is 1.50. The first-order chi connectivity index (χ1) is 8.19. The normalized spacial score (nSPS) is 26.3. The Morgan fingerprint density at radius 1 is 1.47 bits per heavy atom. The molecule has 0 spiro atoms. The third kappa shape index (κ3) is 3.23. The lowest BCUT2D eigenvalue weighted by Gasteiger charge is -2.36. The first-order valence-corrected chi connectivity index (χ1v) is 6.37. The fourth-order valence-corrected chi connectivity index (χ4v) is 2.53. The van der Waals surface area contributed by atoms with Gasteiger partial charge in [-0.05, 0) is 24.1 Å². The van der Waals surface area contributed by atoms with Gasteiger partial charge in [0.1, 0.15) is 0 Å². The van der Waals surface area contributed by atoms with Crippen LogP contribution in [0.1, 0.15) is 26.1 Å². The van der Waals surface area contributed by atoms with Crippen LogP contribution in [0.15, 0.2) is 0 Å². The molecular weight excluding hydrogens is 216 g/mol. The van der Waals surface area contributed by atoms with Gasteiger partial charge in [0, 0.05) is 19.1 Å². The number of rotatable bonds is 4. The molecule has 2 unspecified atom stereocenters. The number of hydrogen-bond donors (Lipinski definition) is 1. The van der Waals surface area contributed by atoms with E-state index in [1.54, 1.807) is 7.05 Å². The number of likely N-dealkylation sites (tertiary alicyclic amines) is 1. The van der Waals surface area contributed by atoms with Crippen molar-refractivity contribution in [1.29, 1.82) is 0 Å². The van der Waals surface area contributed by atoms with Gasteiger partial charge in [0.2, 0.25) is 0 Å². The summed E-state index contributed by atoms with van der Waals surface area (Å²) in [6.45, 7) is 8.57. The van der Waals surface area contributed by atoms with E-state index in [2.05, 4.69) is 39.5 Å². The van der Waals surface area contributed by atoms with E-state index >= 15 is 0 Å². The van der Waals surface area contributed by atoms with Crippen LogP contribution in [0, 0.1) is 5.92 Å². The molecule has 6 nitrogen and oxygen atoms in total. The van der Waals surface area contributed by atoms with Gasteiger partial charge in [0.25, 0.3) is 0 Å². The molecular formula is C11H22N6. The molecule has 2 rings (SSSR count). The molecule has 1 aromatic heterocycles. The maximum absolute atomic E-state index is 4.22. The van der Waals surface area contributed by atoms with Gasteiger partial charge in [-0.1, -0.05) is 13.8 Å². The quantitative estimate of drug-likeness (QED) is 0.802. The molecule has 1 aliphatic heterocycles. The molecule has 17 heavy (non-hydrogen) atoms. The Labute approximate surface area is 102 Å². The highest BCUT2D eigenvalue weighted by Gasteiger charge is 2.25. The molecule has 0 aromatic carbocycles. The first-order valence-electron chi connectivity index (χ1n) is 6.37. The third-order valence-corrected chi connectivity index (χ3v) is 3.37. The van der Waals surface area contributed by atoms with E-state index in [9.17, 15) is 0 Å². The lowest BCUT2D eigenvalue weighted by atomic mass is 9.94. The fourth-order valence-electron chi connectivity index (χ4n) is 2.53. The van der Waals surface area contributed by atoms with Crippen molar-refractivity contribution in [2.24, 2.45) is 13.0 Å². The second-order valence-corrected chi connectivity index (χ2v) is 4.86. The number of tetrazole rings is 1. The molecule has 1 fully saturated rings. The standard InChI is InChI=1S/C11H22N6/c1-4-12-10-5-6-17(7-9(10)2)8-11-13-15-16(3)14-11/h9-10,12H,4-8H2,1-3H3. The van der Waals surface area contributed by atoms with Crippen LogP contribution < -0.4 is 5.32 Å². The molecule has 0 bridgehead atoms. The monoisotopic (exact) mass is 238 g/mol. The van der Waals surface area contributed by atoms with Gasteiger partial charge in [-0.25, -0.2) is 0 Å². The average Bonchev–Trinajstić information content (AvgIpc) is 2.68. The van der Waals surface area contributed by atoms with Crippen molar-refractivity contribution < 1.29 is 0 Å². The van der Waals surface area contributed by atoms with E-state index in [1.165, 1.54) is 11.2 Å². The van der Waals surface area contributed by atoms with Crippen molar-refractivity contribution in [3.8, 4) is 0 Å². The Morgan fingerprint density at radius 2 is 2.29 bits per heavy atom. The highest BCUT2D eigenvalue weighted by atomic mass is 15.6. The predicted octanol–water partition coefficient (Wildman–Crippen LogP) is 0.0300. The minimum absolute atomic E-state index is 0.658. The Kier molecular flexibility index (Phi) is 4.06. The highest BCUT2D eigenvalue weighted by molar-refractivity contribution is 4.85. The van der Waals surface area contributed by atoms with Crippen LogP contribution in [0.2, 0.25) is 0 Å². The zero-order valence-electron chi connectivity index (χ0n) is 10.9. The number of aryl methyl sites for hydroxylation is 1. The maximum Gasteiger partial charge on any atom is 0.188 e. The van der Waals surface area contributed by atoms with E-state index in [-0.39, 0.29) is 0 Å². The van der Waals surface area contributed by atoms with Crippen LogP contribution in [0.25, 0.3) is 0 Å². The van der Waals surface area contributed by atoms with Crippen LogP contribution >= 0.6 is 0 Å². The summed E-state index contributed by atoms with van der Waals surface area (Å²) in [6.07, 6.45) is 1.20. The molecule has 2 atom stereocenters. The number of aromatic nitrogens is 4. The van der Waals surface area contributed by atoms with Crippen LogP contribution in [0.4, 0.5) is 0 Å². The topological polar surface area (TPSA) is 58.9 Å². The predicted molar refractivity (Wildman–Crippen MR) is 65.3 cm³/mol. The fraction of sp³-hybridized carbons (Fsp3) is 0.909. The Bertz CT molecular complexity index is 349. The third-order valence-electron chi connectivity index (χ3n) is 3.37. The minimum atomic E-state index is 0.658. The number of hydrogen-bond acceptors (Lipinski definition) is 5. The zero-order valence-corrected chi connectivity index (χ0v) is 10.9. The second-order valence-electron chi connectivity index (χ2n) is 4.86. The van der Waals surface area contributed by atoms with E-state index in [0.29, 0.717) is 12.0 Å². The average molecular weight is 238 g/mol. The smallest absolute Gasteiger partial charge is 0.188 e. The number of nitrogens with zero attached hydrogens (tertiary/aromatic N) is 5. The van der Waals surface area contributed by atoms with Gasteiger partial charge in [0.05, 0.1) is 13.6 Å². The number of nitrogens with one attached hydrogen (secondary N) is 1. The van der Waals surface area contributed by atoms with Crippen molar-refractivity contribution in [3.05, 3.63) is 5.82 Å². The molecule has 6 heteroatoms. The Balaban J connectivity index is 1.85. The SMILES string of the molecule is CCNC1CCN(Cc2nnn(C)n2)CC1C. The second kappa shape index (κ2) is 5.55. The Hall–Kier alpha value is -1.01. The maximum atomic E-state index is 4.22. The van der Waals surface area contributed by atoms with E-state index in [4.69, 9.17) is 0 Å². The molecule has 0 radical (unpaired) electrons. The summed E-state index contributed by atoms with van der Waals surface area (Å²) in [5.41, 5.74) is 0. The van der Waals surface area contributed by atoms with Crippen molar-refractivity contribution >= 4 is 0 Å². The summed E-state index contributed by atoms with van der Waals surface area (Å²) < 4.78 is 0. The minimum Gasteiger partial charge on any atom is -0.314 e. The van der Waals surface area contributed by atoms with Crippen LogP contribution in [-0.2, 0) is 13.6 Å². The highest BCUT2D eigenvalue weighted by Crippen LogP contribution is 2.17. The van der Waals surface area contributed by atoms with Crippen LogP contribution in [0.5, 0.6) is 0 Å². The van der Waals surface area contributed by atoms with Crippen molar-refractivity contribution in [1.82, 2.24) is 30.4 Å². The van der Waals surface area contributed by atoms with Gasteiger partial charge in [-0.2, -0.15) is 4.80 Å². The van der Waals surface area contributed by atoms with Crippen LogP contribution in [-0.4, -0.2) is 50.8 Å². The Morgan fingerprint density at radius 3 is 2.88 bits per heavy atom. The lowest BCUT2D eigenvalue weighted by Crippen LogP contribution is -2.48.